The highest BCUT2D eigenvalue weighted by Crippen LogP contribution is 2.43. The Hall–Kier alpha value is -2.55. The average Bonchev–Trinajstić information content (AvgIpc) is 3.34. The molecule has 0 saturated carbocycles. The van der Waals surface area contributed by atoms with E-state index in [0.717, 1.165) is 83.5 Å². The van der Waals surface area contributed by atoms with Crippen molar-refractivity contribution in [3.63, 3.8) is 0 Å². The maximum Gasteiger partial charge on any atom is 0.472 e. The third-order valence-corrected chi connectivity index (χ3v) is 13.0. The summed E-state index contributed by atoms with van der Waals surface area (Å²) in [5, 5.41) is 0. The zero-order chi connectivity index (χ0) is 50.2. The van der Waals surface area contributed by atoms with E-state index in [-0.39, 0.29) is 38.6 Å². The number of phosphoric ester groups is 1. The van der Waals surface area contributed by atoms with Crippen molar-refractivity contribution >= 4 is 19.8 Å². The van der Waals surface area contributed by atoms with Gasteiger partial charge in [-0.2, -0.15) is 0 Å². The van der Waals surface area contributed by atoms with Gasteiger partial charge in [-0.1, -0.05) is 228 Å². The van der Waals surface area contributed by atoms with Gasteiger partial charge < -0.3 is 20.1 Å². The van der Waals surface area contributed by atoms with Crippen LogP contribution in [0.15, 0.2) is 72.9 Å². The van der Waals surface area contributed by atoms with Crippen molar-refractivity contribution in [2.45, 2.75) is 264 Å². The molecule has 0 aliphatic rings. The Morgan fingerprint density at radius 2 is 0.754 bits per heavy atom. The van der Waals surface area contributed by atoms with Gasteiger partial charge in [0.25, 0.3) is 0 Å². The van der Waals surface area contributed by atoms with Gasteiger partial charge in [0.15, 0.2) is 6.10 Å². The Balaban J connectivity index is 4.03. The van der Waals surface area contributed by atoms with E-state index in [0.29, 0.717) is 6.42 Å². The molecular weight excluding hydrogens is 882 g/mol. The van der Waals surface area contributed by atoms with E-state index in [4.69, 9.17) is 24.3 Å². The minimum atomic E-state index is -4.39. The number of esters is 2. The Bertz CT molecular complexity index is 1360. The zero-order valence-corrected chi connectivity index (χ0v) is 45.4. The second-order valence-corrected chi connectivity index (χ2v) is 20.3. The lowest BCUT2D eigenvalue weighted by atomic mass is 10.0. The molecule has 0 aromatic heterocycles. The van der Waals surface area contributed by atoms with Crippen molar-refractivity contribution in [3.8, 4) is 0 Å². The minimum Gasteiger partial charge on any atom is -0.462 e. The molecule has 0 spiro atoms. The fourth-order valence-corrected chi connectivity index (χ4v) is 8.59. The first-order valence-electron chi connectivity index (χ1n) is 28.4. The van der Waals surface area contributed by atoms with Gasteiger partial charge in [-0.25, -0.2) is 4.57 Å². The number of hydrogen-bond donors (Lipinski definition) is 2. The third-order valence-electron chi connectivity index (χ3n) is 12.1. The van der Waals surface area contributed by atoms with Crippen LogP contribution in [0, 0.1) is 0 Å². The summed E-state index contributed by atoms with van der Waals surface area (Å²) in [5.74, 6) is -0.838. The van der Waals surface area contributed by atoms with E-state index >= 15 is 0 Å². The Labute approximate surface area is 424 Å². The van der Waals surface area contributed by atoms with Gasteiger partial charge in [-0.3, -0.25) is 18.6 Å². The Morgan fingerprint density at radius 1 is 0.435 bits per heavy atom. The molecule has 2 unspecified atom stereocenters. The summed E-state index contributed by atoms with van der Waals surface area (Å²) in [4.78, 5) is 35.2. The first-order valence-corrected chi connectivity index (χ1v) is 29.9. The molecule has 0 bridgehead atoms. The van der Waals surface area contributed by atoms with Crippen LogP contribution in [0.2, 0.25) is 0 Å². The molecule has 2 atom stereocenters. The van der Waals surface area contributed by atoms with Crippen LogP contribution in [-0.2, 0) is 32.7 Å². The van der Waals surface area contributed by atoms with Crippen molar-refractivity contribution in [1.29, 1.82) is 0 Å². The number of rotatable bonds is 53. The number of phosphoric acid groups is 1. The van der Waals surface area contributed by atoms with Crippen LogP contribution >= 0.6 is 7.82 Å². The lowest BCUT2D eigenvalue weighted by Crippen LogP contribution is -2.29. The molecule has 0 saturated heterocycles. The summed E-state index contributed by atoms with van der Waals surface area (Å²) in [6.07, 6.45) is 69.4. The molecule has 0 radical (unpaired) electrons. The van der Waals surface area contributed by atoms with E-state index in [1.165, 1.54) is 141 Å². The van der Waals surface area contributed by atoms with Crippen molar-refractivity contribution in [2.75, 3.05) is 26.4 Å². The zero-order valence-electron chi connectivity index (χ0n) is 44.5. The largest absolute Gasteiger partial charge is 0.472 e. The third kappa shape index (κ3) is 54.6. The second kappa shape index (κ2) is 54.8. The molecule has 69 heavy (non-hydrogen) atoms. The highest BCUT2D eigenvalue weighted by atomic mass is 31.2. The Morgan fingerprint density at radius 3 is 1.12 bits per heavy atom. The number of nitrogens with two attached hydrogens (primary N) is 1. The minimum absolute atomic E-state index is 0.0488. The van der Waals surface area contributed by atoms with Crippen LogP contribution in [-0.4, -0.2) is 49.3 Å². The van der Waals surface area contributed by atoms with Gasteiger partial charge >= 0.3 is 19.8 Å². The molecular formula is C59H106NO8P. The molecule has 0 aromatic rings. The number of carbonyl (C=O) groups is 2. The first kappa shape index (κ1) is 66.5. The topological polar surface area (TPSA) is 134 Å². The number of allylic oxidation sites excluding steroid dienone is 12. The molecule has 0 fully saturated rings. The van der Waals surface area contributed by atoms with Gasteiger partial charge in [0.2, 0.25) is 0 Å². The molecule has 0 heterocycles. The van der Waals surface area contributed by atoms with E-state index in [9.17, 15) is 19.0 Å². The molecule has 3 N–H and O–H groups in total. The molecule has 9 nitrogen and oxygen atoms in total. The van der Waals surface area contributed by atoms with Crippen LogP contribution in [0.25, 0.3) is 0 Å². The summed E-state index contributed by atoms with van der Waals surface area (Å²) in [7, 11) is -4.39. The molecule has 0 aliphatic carbocycles. The number of carbonyl (C=O) groups excluding carboxylic acids is 2. The first-order chi connectivity index (χ1) is 33.8. The van der Waals surface area contributed by atoms with E-state index in [1.54, 1.807) is 0 Å². The summed E-state index contributed by atoms with van der Waals surface area (Å²) < 4.78 is 33.0. The molecule has 0 amide bonds. The monoisotopic (exact) mass is 988 g/mol. The predicted octanol–water partition coefficient (Wildman–Crippen LogP) is 17.7. The summed E-state index contributed by atoms with van der Waals surface area (Å²) in [6, 6.07) is 0. The fraction of sp³-hybridized carbons (Fsp3) is 0.763. The van der Waals surface area contributed by atoms with Crippen LogP contribution in [0.1, 0.15) is 258 Å². The smallest absolute Gasteiger partial charge is 0.462 e. The number of hydrogen-bond acceptors (Lipinski definition) is 8. The van der Waals surface area contributed by atoms with Crippen molar-refractivity contribution in [3.05, 3.63) is 72.9 Å². The van der Waals surface area contributed by atoms with Crippen molar-refractivity contribution < 1.29 is 37.6 Å². The molecule has 0 rings (SSSR count). The maximum absolute atomic E-state index is 12.7. The Kier molecular flexibility index (Phi) is 52.8. The quantitative estimate of drug-likeness (QED) is 0.0264. The number of unbranched alkanes of at least 4 members (excludes halogenated alkanes) is 28. The average molecular weight is 988 g/mol. The molecule has 0 aromatic carbocycles. The molecule has 10 heteroatoms. The summed E-state index contributed by atoms with van der Waals surface area (Å²) >= 11 is 0. The van der Waals surface area contributed by atoms with Gasteiger partial charge in [0.1, 0.15) is 6.61 Å². The highest BCUT2D eigenvalue weighted by Gasteiger charge is 2.26. The van der Waals surface area contributed by atoms with Crippen molar-refractivity contribution in [1.82, 2.24) is 0 Å². The lowest BCUT2D eigenvalue weighted by Gasteiger charge is -2.19. The summed E-state index contributed by atoms with van der Waals surface area (Å²) in [5.41, 5.74) is 5.38. The highest BCUT2D eigenvalue weighted by molar-refractivity contribution is 7.47. The molecule has 400 valence electrons. The predicted molar refractivity (Wildman–Crippen MR) is 293 cm³/mol. The SMILES string of the molecule is CCCCCCC/C=C\C/C=C\C/C=C\CCCCCCCCCCCCC(=O)OC(COC(=O)CCCCCCCCCC/C=C\C/C=C\C/C=C\CCCCCCC)COP(=O)(O)OCCN. The summed E-state index contributed by atoms with van der Waals surface area (Å²) in [6.45, 7) is 3.72. The van der Waals surface area contributed by atoms with Crippen LogP contribution in [0.4, 0.5) is 0 Å². The molecule has 0 aliphatic heterocycles. The maximum atomic E-state index is 12.7. The van der Waals surface area contributed by atoms with Gasteiger partial charge in [0, 0.05) is 19.4 Å². The van der Waals surface area contributed by atoms with E-state index < -0.39 is 26.5 Å². The fourth-order valence-electron chi connectivity index (χ4n) is 7.83. The number of ether oxygens (including phenoxy) is 2. The van der Waals surface area contributed by atoms with Gasteiger partial charge in [-0.15, -0.1) is 0 Å². The van der Waals surface area contributed by atoms with Gasteiger partial charge in [0.05, 0.1) is 13.2 Å². The standard InChI is InChI=1S/C59H106NO8P/c1-3-5-7-9-11-13-15-17-19-21-23-25-27-28-30-32-34-36-38-40-42-44-46-48-50-52-59(62)68-57(56-67-69(63,64)66-54-53-60)55-65-58(61)51-49-47-45-43-41-39-37-35-33-31-29-26-24-22-20-18-16-14-12-10-8-6-4-2/h15-18,21-24,27-29,31,57H,3-14,19-20,25-26,30,32-56,60H2,1-2H3,(H,63,64)/b17-15-,18-16-,23-21-,24-22-,28-27-,31-29-. The van der Waals surface area contributed by atoms with Crippen LogP contribution in [0.3, 0.4) is 0 Å². The normalized spacial score (nSPS) is 13.6. The van der Waals surface area contributed by atoms with Crippen LogP contribution in [0.5, 0.6) is 0 Å². The van der Waals surface area contributed by atoms with Crippen molar-refractivity contribution in [2.24, 2.45) is 5.73 Å². The van der Waals surface area contributed by atoms with Gasteiger partial charge in [-0.05, 0) is 89.9 Å². The lowest BCUT2D eigenvalue weighted by molar-refractivity contribution is -0.161. The van der Waals surface area contributed by atoms with E-state index in [2.05, 4.69) is 86.8 Å². The second-order valence-electron chi connectivity index (χ2n) is 18.8. The van der Waals surface area contributed by atoms with Crippen LogP contribution < -0.4 is 5.73 Å². The van der Waals surface area contributed by atoms with E-state index in [1.807, 2.05) is 0 Å².